The van der Waals surface area contributed by atoms with Gasteiger partial charge in [-0.15, -0.1) is 0 Å². The maximum Gasteiger partial charge on any atom is 0.273 e. The van der Waals surface area contributed by atoms with Gasteiger partial charge in [-0.2, -0.15) is 0 Å². The van der Waals surface area contributed by atoms with Crippen LogP contribution in [0, 0.1) is 22.0 Å². The molecular weight excluding hydrogens is 240 g/mol. The van der Waals surface area contributed by atoms with E-state index in [2.05, 4.69) is 19.2 Å². The Balaban J connectivity index is 1.94. The van der Waals surface area contributed by atoms with E-state index in [1.807, 2.05) is 12.1 Å². The molecule has 4 heteroatoms. The molecule has 1 saturated carbocycles. The number of rotatable bonds is 4. The van der Waals surface area contributed by atoms with Gasteiger partial charge in [-0.1, -0.05) is 32.0 Å². The summed E-state index contributed by atoms with van der Waals surface area (Å²) >= 11 is 0. The third kappa shape index (κ3) is 3.53. The van der Waals surface area contributed by atoms with Gasteiger partial charge in [0.25, 0.3) is 5.69 Å². The maximum atomic E-state index is 10.9. The van der Waals surface area contributed by atoms with Crippen molar-refractivity contribution in [1.29, 1.82) is 0 Å². The minimum Gasteiger partial charge on any atom is -0.310 e. The first-order valence-corrected chi connectivity index (χ1v) is 7.03. The van der Waals surface area contributed by atoms with Gasteiger partial charge in [0, 0.05) is 24.2 Å². The van der Waals surface area contributed by atoms with Crippen molar-refractivity contribution >= 4 is 5.69 Å². The molecule has 104 valence electrons. The quantitative estimate of drug-likeness (QED) is 0.667. The van der Waals surface area contributed by atoms with Crippen LogP contribution < -0.4 is 5.32 Å². The summed E-state index contributed by atoms with van der Waals surface area (Å²) in [6.07, 6.45) is 3.59. The molecule has 1 N–H and O–H groups in total. The summed E-state index contributed by atoms with van der Waals surface area (Å²) in [5, 5.41) is 14.4. The molecule has 0 aromatic heterocycles. The SMILES string of the molecule is CC1CCC(NCc2ccccc2[N+](=O)[O-])CC1C. The van der Waals surface area contributed by atoms with Gasteiger partial charge in [-0.3, -0.25) is 10.1 Å². The van der Waals surface area contributed by atoms with Crippen LogP contribution in [0.15, 0.2) is 24.3 Å². The Morgan fingerprint density at radius 3 is 2.68 bits per heavy atom. The second kappa shape index (κ2) is 6.15. The largest absolute Gasteiger partial charge is 0.310 e. The third-order valence-electron chi connectivity index (χ3n) is 4.37. The fourth-order valence-corrected chi connectivity index (χ4v) is 2.83. The first-order chi connectivity index (χ1) is 9.08. The molecule has 0 bridgehead atoms. The van der Waals surface area contributed by atoms with E-state index in [9.17, 15) is 10.1 Å². The lowest BCUT2D eigenvalue weighted by molar-refractivity contribution is -0.385. The molecule has 1 aliphatic carbocycles. The number of para-hydroxylation sites is 1. The molecule has 1 aromatic rings. The monoisotopic (exact) mass is 262 g/mol. The molecule has 0 radical (unpaired) electrons. The lowest BCUT2D eigenvalue weighted by atomic mass is 9.79. The van der Waals surface area contributed by atoms with Crippen molar-refractivity contribution in [1.82, 2.24) is 5.32 Å². The summed E-state index contributed by atoms with van der Waals surface area (Å²) in [6, 6.07) is 7.47. The number of nitro benzene ring substituents is 1. The first kappa shape index (κ1) is 14.0. The smallest absolute Gasteiger partial charge is 0.273 e. The van der Waals surface area contributed by atoms with E-state index in [1.165, 1.54) is 19.3 Å². The van der Waals surface area contributed by atoms with Crippen molar-refractivity contribution in [2.24, 2.45) is 11.8 Å². The van der Waals surface area contributed by atoms with Crippen LogP contribution in [0.5, 0.6) is 0 Å². The highest BCUT2D eigenvalue weighted by molar-refractivity contribution is 5.39. The summed E-state index contributed by atoms with van der Waals surface area (Å²) in [4.78, 5) is 10.6. The van der Waals surface area contributed by atoms with E-state index in [4.69, 9.17) is 0 Å². The summed E-state index contributed by atoms with van der Waals surface area (Å²) < 4.78 is 0. The Bertz CT molecular complexity index is 448. The summed E-state index contributed by atoms with van der Waals surface area (Å²) in [5.74, 6) is 1.53. The zero-order valence-electron chi connectivity index (χ0n) is 11.6. The first-order valence-electron chi connectivity index (χ1n) is 7.03. The molecule has 0 spiro atoms. The minimum atomic E-state index is -0.303. The van der Waals surface area contributed by atoms with Crippen LogP contribution in [0.1, 0.15) is 38.7 Å². The number of benzene rings is 1. The van der Waals surface area contributed by atoms with Crippen molar-refractivity contribution in [3.05, 3.63) is 39.9 Å². The number of nitrogens with zero attached hydrogens (tertiary/aromatic N) is 1. The molecule has 2 rings (SSSR count). The maximum absolute atomic E-state index is 10.9. The zero-order chi connectivity index (χ0) is 13.8. The highest BCUT2D eigenvalue weighted by Crippen LogP contribution is 2.29. The Labute approximate surface area is 114 Å². The summed E-state index contributed by atoms with van der Waals surface area (Å²) in [5.41, 5.74) is 0.992. The molecule has 4 nitrogen and oxygen atoms in total. The van der Waals surface area contributed by atoms with E-state index in [-0.39, 0.29) is 10.6 Å². The van der Waals surface area contributed by atoms with E-state index in [1.54, 1.807) is 12.1 Å². The van der Waals surface area contributed by atoms with Crippen LogP contribution in [-0.2, 0) is 6.54 Å². The third-order valence-corrected chi connectivity index (χ3v) is 4.37. The average molecular weight is 262 g/mol. The molecule has 1 aliphatic rings. The topological polar surface area (TPSA) is 55.2 Å². The summed E-state index contributed by atoms with van der Waals surface area (Å²) in [7, 11) is 0. The summed E-state index contributed by atoms with van der Waals surface area (Å²) in [6.45, 7) is 5.19. The molecular formula is C15H22N2O2. The molecule has 1 aromatic carbocycles. The minimum absolute atomic E-state index is 0.215. The van der Waals surface area contributed by atoms with E-state index in [0.29, 0.717) is 12.6 Å². The average Bonchev–Trinajstić information content (AvgIpc) is 2.40. The van der Waals surface area contributed by atoms with Gasteiger partial charge >= 0.3 is 0 Å². The lowest BCUT2D eigenvalue weighted by Gasteiger charge is -2.32. The van der Waals surface area contributed by atoms with Gasteiger partial charge in [-0.05, 0) is 31.1 Å². The number of nitrogens with one attached hydrogen (secondary N) is 1. The Kier molecular flexibility index (Phi) is 4.53. The number of hydrogen-bond donors (Lipinski definition) is 1. The van der Waals surface area contributed by atoms with Gasteiger partial charge in [-0.25, -0.2) is 0 Å². The van der Waals surface area contributed by atoms with Crippen LogP contribution in [0.25, 0.3) is 0 Å². The second-order valence-electron chi connectivity index (χ2n) is 5.73. The predicted octanol–water partition coefficient (Wildman–Crippen LogP) is 3.51. The van der Waals surface area contributed by atoms with Crippen molar-refractivity contribution in [3.63, 3.8) is 0 Å². The van der Waals surface area contributed by atoms with Gasteiger partial charge in [0.2, 0.25) is 0 Å². The fraction of sp³-hybridized carbons (Fsp3) is 0.600. The van der Waals surface area contributed by atoms with Crippen molar-refractivity contribution in [3.8, 4) is 0 Å². The van der Waals surface area contributed by atoms with Crippen LogP contribution in [-0.4, -0.2) is 11.0 Å². The van der Waals surface area contributed by atoms with E-state index in [0.717, 1.165) is 17.4 Å². The van der Waals surface area contributed by atoms with Crippen molar-refractivity contribution < 1.29 is 4.92 Å². The number of nitro groups is 1. The van der Waals surface area contributed by atoms with Gasteiger partial charge in [0.1, 0.15) is 0 Å². The van der Waals surface area contributed by atoms with Gasteiger partial charge < -0.3 is 5.32 Å². The molecule has 1 fully saturated rings. The Hall–Kier alpha value is -1.42. The molecule has 19 heavy (non-hydrogen) atoms. The van der Waals surface area contributed by atoms with Gasteiger partial charge in [0.05, 0.1) is 4.92 Å². The van der Waals surface area contributed by atoms with Crippen molar-refractivity contribution in [2.75, 3.05) is 0 Å². The Morgan fingerprint density at radius 1 is 1.26 bits per heavy atom. The normalized spacial score (nSPS) is 27.2. The Morgan fingerprint density at radius 2 is 2.00 bits per heavy atom. The fourth-order valence-electron chi connectivity index (χ4n) is 2.83. The molecule has 0 saturated heterocycles. The molecule has 3 unspecified atom stereocenters. The highest BCUT2D eigenvalue weighted by atomic mass is 16.6. The zero-order valence-corrected chi connectivity index (χ0v) is 11.6. The predicted molar refractivity (Wildman–Crippen MR) is 75.9 cm³/mol. The highest BCUT2D eigenvalue weighted by Gasteiger charge is 2.24. The second-order valence-corrected chi connectivity index (χ2v) is 5.73. The molecule has 0 heterocycles. The van der Waals surface area contributed by atoms with Crippen LogP contribution >= 0.6 is 0 Å². The van der Waals surface area contributed by atoms with E-state index >= 15 is 0 Å². The number of hydrogen-bond acceptors (Lipinski definition) is 3. The van der Waals surface area contributed by atoms with Crippen LogP contribution in [0.3, 0.4) is 0 Å². The van der Waals surface area contributed by atoms with E-state index < -0.39 is 0 Å². The van der Waals surface area contributed by atoms with Crippen LogP contribution in [0.2, 0.25) is 0 Å². The molecule has 3 atom stereocenters. The van der Waals surface area contributed by atoms with Crippen molar-refractivity contribution in [2.45, 2.75) is 45.7 Å². The lowest BCUT2D eigenvalue weighted by Crippen LogP contribution is -2.35. The molecule has 0 amide bonds. The molecule has 0 aliphatic heterocycles. The van der Waals surface area contributed by atoms with Gasteiger partial charge in [0.15, 0.2) is 0 Å². The standard InChI is InChI=1S/C15H22N2O2/c1-11-7-8-14(9-12(11)2)16-10-13-5-3-4-6-15(13)17(18)19/h3-6,11-12,14,16H,7-10H2,1-2H3. The van der Waals surface area contributed by atoms with Crippen LogP contribution in [0.4, 0.5) is 5.69 Å².